The Morgan fingerprint density at radius 2 is 1.88 bits per heavy atom. The van der Waals surface area contributed by atoms with Gasteiger partial charge < -0.3 is 14.8 Å². The van der Waals surface area contributed by atoms with Crippen LogP contribution in [0.5, 0.6) is 11.6 Å². The van der Waals surface area contributed by atoms with Gasteiger partial charge in [-0.3, -0.25) is 9.78 Å². The van der Waals surface area contributed by atoms with Gasteiger partial charge in [0.05, 0.1) is 12.0 Å². The zero-order valence-electron chi connectivity index (χ0n) is 19.5. The molecule has 7 heteroatoms. The molecule has 0 amide bonds. The molecule has 7 nitrogen and oxygen atoms in total. The second kappa shape index (κ2) is 10.9. The molecular formula is C27H29N3O4. The average Bonchev–Trinajstić information content (AvgIpc) is 3.19. The van der Waals surface area contributed by atoms with Crippen LogP contribution in [-0.4, -0.2) is 34.4 Å². The van der Waals surface area contributed by atoms with E-state index in [1.807, 2.05) is 43.3 Å². The van der Waals surface area contributed by atoms with E-state index in [2.05, 4.69) is 15.3 Å². The SMILES string of the molecule is CCCC1=C(N[C@@H](Cc2ccc(Oc3nccc4ccncc34)cc2)C(=O)OCC)CCC1=O. The number of pyridine rings is 2. The standard InChI is InChI=1S/C27H29N3O4/c1-3-5-21-23(10-11-25(21)31)30-24(27(32)33-4-2)16-18-6-8-20(9-7-18)34-26-22-17-28-14-12-19(22)13-15-29-26/h6-9,12-15,17,24,30H,3-5,10-11,16H2,1-2H3/t24-/m0/s1. The van der Waals surface area contributed by atoms with Crippen molar-refractivity contribution >= 4 is 22.5 Å². The summed E-state index contributed by atoms with van der Waals surface area (Å²) in [4.78, 5) is 33.4. The van der Waals surface area contributed by atoms with Gasteiger partial charge in [-0.2, -0.15) is 0 Å². The van der Waals surface area contributed by atoms with Gasteiger partial charge in [0.1, 0.15) is 11.8 Å². The maximum absolute atomic E-state index is 12.7. The third-order valence-electron chi connectivity index (χ3n) is 5.83. The smallest absolute Gasteiger partial charge is 0.328 e. The Balaban J connectivity index is 1.49. The number of rotatable bonds is 10. The van der Waals surface area contributed by atoms with Crippen molar-refractivity contribution in [3.8, 4) is 11.6 Å². The second-order valence-electron chi connectivity index (χ2n) is 8.24. The van der Waals surface area contributed by atoms with Crippen molar-refractivity contribution in [3.63, 3.8) is 0 Å². The Kier molecular flexibility index (Phi) is 7.52. The van der Waals surface area contributed by atoms with Gasteiger partial charge in [0.25, 0.3) is 0 Å². The fourth-order valence-corrected chi connectivity index (χ4v) is 4.16. The van der Waals surface area contributed by atoms with Crippen LogP contribution in [0.3, 0.4) is 0 Å². The van der Waals surface area contributed by atoms with E-state index in [1.165, 1.54) is 0 Å². The number of Topliss-reactive ketones (excluding diaryl/α,β-unsaturated/α-hetero) is 1. The van der Waals surface area contributed by atoms with Crippen molar-refractivity contribution in [1.82, 2.24) is 15.3 Å². The van der Waals surface area contributed by atoms with Gasteiger partial charge in [0.2, 0.25) is 5.88 Å². The number of hydrogen-bond acceptors (Lipinski definition) is 7. The zero-order chi connectivity index (χ0) is 23.9. The van der Waals surface area contributed by atoms with Crippen molar-refractivity contribution in [2.75, 3.05) is 6.61 Å². The highest BCUT2D eigenvalue weighted by Crippen LogP contribution is 2.28. The Labute approximate surface area is 199 Å². The maximum Gasteiger partial charge on any atom is 0.328 e. The fraction of sp³-hybridized carbons (Fsp3) is 0.333. The number of nitrogens with one attached hydrogen (secondary N) is 1. The number of aromatic nitrogens is 2. The number of carbonyl (C=O) groups excluding carboxylic acids is 2. The molecule has 34 heavy (non-hydrogen) atoms. The van der Waals surface area contributed by atoms with Gasteiger partial charge >= 0.3 is 5.97 Å². The van der Waals surface area contributed by atoms with Crippen LogP contribution in [0.4, 0.5) is 0 Å². The lowest BCUT2D eigenvalue weighted by Gasteiger charge is -2.20. The van der Waals surface area contributed by atoms with Crippen LogP contribution in [0.1, 0.15) is 45.1 Å². The number of fused-ring (bicyclic) bond motifs is 1. The number of hydrogen-bond donors (Lipinski definition) is 1. The largest absolute Gasteiger partial charge is 0.464 e. The van der Waals surface area contributed by atoms with Crippen molar-refractivity contribution in [2.45, 2.75) is 52.0 Å². The summed E-state index contributed by atoms with van der Waals surface area (Å²) in [6.45, 7) is 4.14. The predicted molar refractivity (Wildman–Crippen MR) is 129 cm³/mol. The van der Waals surface area contributed by atoms with Gasteiger partial charge in [-0.25, -0.2) is 9.78 Å². The van der Waals surface area contributed by atoms with Crippen LogP contribution >= 0.6 is 0 Å². The summed E-state index contributed by atoms with van der Waals surface area (Å²) in [5.41, 5.74) is 2.64. The lowest BCUT2D eigenvalue weighted by molar-refractivity contribution is -0.145. The third kappa shape index (κ3) is 5.42. The quantitative estimate of drug-likeness (QED) is 0.431. The summed E-state index contributed by atoms with van der Waals surface area (Å²) in [6.07, 6.45) is 8.36. The molecule has 1 aromatic carbocycles. The van der Waals surface area contributed by atoms with Crippen LogP contribution < -0.4 is 10.1 Å². The first-order chi connectivity index (χ1) is 16.6. The Hall–Kier alpha value is -3.74. The molecular weight excluding hydrogens is 430 g/mol. The second-order valence-corrected chi connectivity index (χ2v) is 8.24. The van der Waals surface area contributed by atoms with Crippen molar-refractivity contribution in [1.29, 1.82) is 0 Å². The number of nitrogens with zero attached hydrogens (tertiary/aromatic N) is 2. The van der Waals surface area contributed by atoms with Gasteiger partial charge in [-0.15, -0.1) is 0 Å². The normalized spacial score (nSPS) is 14.4. The van der Waals surface area contributed by atoms with Gasteiger partial charge in [0.15, 0.2) is 5.78 Å². The topological polar surface area (TPSA) is 90.4 Å². The molecule has 4 rings (SSSR count). The molecule has 3 aromatic rings. The summed E-state index contributed by atoms with van der Waals surface area (Å²) in [5, 5.41) is 5.16. The Morgan fingerprint density at radius 1 is 1.09 bits per heavy atom. The third-order valence-corrected chi connectivity index (χ3v) is 5.83. The molecule has 1 N–H and O–H groups in total. The highest BCUT2D eigenvalue weighted by molar-refractivity contribution is 5.98. The predicted octanol–water partition coefficient (Wildman–Crippen LogP) is 4.90. The molecule has 2 heterocycles. The Morgan fingerprint density at radius 3 is 2.65 bits per heavy atom. The van der Waals surface area contributed by atoms with E-state index < -0.39 is 6.04 Å². The minimum atomic E-state index is -0.565. The van der Waals surface area contributed by atoms with E-state index in [9.17, 15) is 9.59 Å². The first-order valence-corrected chi connectivity index (χ1v) is 11.7. The van der Waals surface area contributed by atoms with E-state index in [-0.39, 0.29) is 11.8 Å². The molecule has 0 unspecified atom stereocenters. The molecule has 2 aromatic heterocycles. The lowest BCUT2D eigenvalue weighted by atomic mass is 10.0. The maximum atomic E-state index is 12.7. The number of ether oxygens (including phenoxy) is 2. The summed E-state index contributed by atoms with van der Waals surface area (Å²) < 4.78 is 11.3. The highest BCUT2D eigenvalue weighted by atomic mass is 16.5. The molecule has 0 spiro atoms. The van der Waals surface area contributed by atoms with Gasteiger partial charge in [0, 0.05) is 42.7 Å². The summed E-state index contributed by atoms with van der Waals surface area (Å²) in [7, 11) is 0. The number of allylic oxidation sites excluding steroid dienone is 2. The molecule has 0 bridgehead atoms. The molecule has 0 saturated carbocycles. The van der Waals surface area contributed by atoms with Crippen LogP contribution in [0.2, 0.25) is 0 Å². The molecule has 0 aliphatic heterocycles. The minimum Gasteiger partial charge on any atom is -0.464 e. The van der Waals surface area contributed by atoms with E-state index in [1.54, 1.807) is 25.5 Å². The molecule has 0 radical (unpaired) electrons. The van der Waals surface area contributed by atoms with Crippen LogP contribution in [0, 0.1) is 0 Å². The summed E-state index contributed by atoms with van der Waals surface area (Å²) in [6, 6.07) is 10.8. The van der Waals surface area contributed by atoms with Gasteiger partial charge in [-0.1, -0.05) is 25.5 Å². The lowest BCUT2D eigenvalue weighted by Crippen LogP contribution is -2.39. The van der Waals surface area contributed by atoms with E-state index in [0.29, 0.717) is 37.5 Å². The van der Waals surface area contributed by atoms with Gasteiger partial charge in [-0.05, 0) is 55.0 Å². The van der Waals surface area contributed by atoms with Crippen LogP contribution in [-0.2, 0) is 20.7 Å². The average molecular weight is 460 g/mol. The van der Waals surface area contributed by atoms with E-state index in [0.717, 1.165) is 40.4 Å². The van der Waals surface area contributed by atoms with E-state index >= 15 is 0 Å². The number of ketones is 1. The zero-order valence-corrected chi connectivity index (χ0v) is 19.5. The molecule has 1 atom stereocenters. The fourth-order valence-electron chi connectivity index (χ4n) is 4.16. The molecule has 0 fully saturated rings. The highest BCUT2D eigenvalue weighted by Gasteiger charge is 2.27. The van der Waals surface area contributed by atoms with Crippen LogP contribution in [0.15, 0.2) is 66.3 Å². The van der Waals surface area contributed by atoms with Crippen LogP contribution in [0.25, 0.3) is 10.8 Å². The monoisotopic (exact) mass is 459 g/mol. The summed E-state index contributed by atoms with van der Waals surface area (Å²) in [5.74, 6) is 0.983. The first-order valence-electron chi connectivity index (χ1n) is 11.7. The first kappa shape index (κ1) is 23.4. The molecule has 1 aliphatic carbocycles. The van der Waals surface area contributed by atoms with E-state index in [4.69, 9.17) is 9.47 Å². The number of benzene rings is 1. The number of esters is 1. The number of carbonyl (C=O) groups is 2. The van der Waals surface area contributed by atoms with Crippen molar-refractivity contribution < 1.29 is 19.1 Å². The Bertz CT molecular complexity index is 1200. The molecule has 0 saturated heterocycles. The minimum absolute atomic E-state index is 0.172. The van der Waals surface area contributed by atoms with Crippen molar-refractivity contribution in [3.05, 3.63) is 71.8 Å². The molecule has 1 aliphatic rings. The van der Waals surface area contributed by atoms with Crippen molar-refractivity contribution in [2.24, 2.45) is 0 Å². The summed E-state index contributed by atoms with van der Waals surface area (Å²) >= 11 is 0. The molecule has 176 valence electrons.